The number of carboxylic acids is 1. The van der Waals surface area contributed by atoms with Crippen molar-refractivity contribution in [2.24, 2.45) is 0 Å². The molecule has 0 fully saturated rings. The number of hydrogen-bond donors (Lipinski definition) is 1. The van der Waals surface area contributed by atoms with E-state index in [-0.39, 0.29) is 17.4 Å². The Kier molecular flexibility index (Phi) is 3.94. The Labute approximate surface area is 124 Å². The maximum atomic E-state index is 13.2. The fourth-order valence-electron chi connectivity index (χ4n) is 2.09. The van der Waals surface area contributed by atoms with Crippen LogP contribution in [0.1, 0.15) is 41.5 Å². The summed E-state index contributed by atoms with van der Waals surface area (Å²) in [7, 11) is 0. The summed E-state index contributed by atoms with van der Waals surface area (Å²) in [4.78, 5) is 11.2. The van der Waals surface area contributed by atoms with Gasteiger partial charge < -0.3 is 5.11 Å². The lowest BCUT2D eigenvalue weighted by Gasteiger charge is -2.13. The highest BCUT2D eigenvalue weighted by atomic mass is 79.9. The largest absolute Gasteiger partial charge is 0.476 e. The summed E-state index contributed by atoms with van der Waals surface area (Å²) >= 11 is 3.30. The van der Waals surface area contributed by atoms with Gasteiger partial charge in [0, 0.05) is 0 Å². The fourth-order valence-corrected chi connectivity index (χ4v) is 2.96. The number of nitrogens with zero attached hydrogens (tertiary/aromatic N) is 2. The number of benzene rings is 1. The summed E-state index contributed by atoms with van der Waals surface area (Å²) in [5.41, 5.74) is 2.07. The molecule has 0 radical (unpaired) electrons. The number of aromatic nitrogens is 2. The molecule has 0 unspecified atom stereocenters. The molecule has 0 amide bonds. The van der Waals surface area contributed by atoms with Crippen molar-refractivity contribution in [1.82, 2.24) is 9.78 Å². The maximum absolute atomic E-state index is 13.2. The Hall–Kier alpha value is -1.69. The fraction of sp³-hybridized carbons (Fsp3) is 0.286. The van der Waals surface area contributed by atoms with E-state index in [0.717, 1.165) is 5.69 Å². The number of halogens is 2. The van der Waals surface area contributed by atoms with Gasteiger partial charge in [-0.3, -0.25) is 0 Å². The Morgan fingerprint density at radius 1 is 1.45 bits per heavy atom. The minimum atomic E-state index is -1.10. The summed E-state index contributed by atoms with van der Waals surface area (Å²) < 4.78 is 15.2. The highest BCUT2D eigenvalue weighted by molar-refractivity contribution is 9.10. The molecule has 4 nitrogen and oxygen atoms in total. The summed E-state index contributed by atoms with van der Waals surface area (Å²) in [5, 5.41) is 13.3. The summed E-state index contributed by atoms with van der Waals surface area (Å²) in [6.45, 7) is 5.66. The Balaban J connectivity index is 2.73. The first-order valence-corrected chi connectivity index (χ1v) is 6.90. The molecule has 0 bridgehead atoms. The van der Waals surface area contributed by atoms with E-state index in [1.165, 1.54) is 12.1 Å². The van der Waals surface area contributed by atoms with Gasteiger partial charge in [-0.25, -0.2) is 13.9 Å². The predicted octanol–water partition coefficient (Wildman–Crippen LogP) is 3.90. The highest BCUT2D eigenvalue weighted by Crippen LogP contribution is 2.31. The molecular weight excluding hydrogens is 327 g/mol. The SMILES string of the molecule is Cc1cc(F)ccc1-n1nc(C(=O)O)c(Br)c1C(C)C. The van der Waals surface area contributed by atoms with E-state index in [4.69, 9.17) is 0 Å². The molecule has 2 aromatic rings. The Morgan fingerprint density at radius 3 is 2.60 bits per heavy atom. The third-order valence-corrected chi connectivity index (χ3v) is 3.78. The minimum Gasteiger partial charge on any atom is -0.476 e. The quantitative estimate of drug-likeness (QED) is 0.921. The predicted molar refractivity (Wildman–Crippen MR) is 77.0 cm³/mol. The van der Waals surface area contributed by atoms with Gasteiger partial charge in [-0.1, -0.05) is 13.8 Å². The molecule has 0 aliphatic carbocycles. The van der Waals surface area contributed by atoms with Crippen LogP contribution in [0.3, 0.4) is 0 Å². The topological polar surface area (TPSA) is 55.1 Å². The zero-order chi connectivity index (χ0) is 15.0. The molecule has 0 atom stereocenters. The molecule has 106 valence electrons. The lowest BCUT2D eigenvalue weighted by molar-refractivity contribution is 0.0689. The number of hydrogen-bond acceptors (Lipinski definition) is 2. The van der Waals surface area contributed by atoms with Crippen LogP contribution in [0.4, 0.5) is 4.39 Å². The van der Waals surface area contributed by atoms with Gasteiger partial charge >= 0.3 is 5.97 Å². The van der Waals surface area contributed by atoms with Gasteiger partial charge in [0.15, 0.2) is 5.69 Å². The maximum Gasteiger partial charge on any atom is 0.357 e. The zero-order valence-electron chi connectivity index (χ0n) is 11.3. The van der Waals surface area contributed by atoms with Crippen LogP contribution in [-0.2, 0) is 0 Å². The first-order valence-electron chi connectivity index (χ1n) is 6.11. The molecule has 0 aliphatic heterocycles. The van der Waals surface area contributed by atoms with Crippen LogP contribution >= 0.6 is 15.9 Å². The van der Waals surface area contributed by atoms with E-state index < -0.39 is 5.97 Å². The zero-order valence-corrected chi connectivity index (χ0v) is 12.9. The molecule has 1 heterocycles. The third-order valence-electron chi connectivity index (χ3n) is 3.00. The van der Waals surface area contributed by atoms with Gasteiger partial charge in [0.25, 0.3) is 0 Å². The van der Waals surface area contributed by atoms with Crippen molar-refractivity contribution in [2.45, 2.75) is 26.7 Å². The number of rotatable bonds is 3. The van der Waals surface area contributed by atoms with E-state index in [0.29, 0.717) is 15.7 Å². The number of aryl methyl sites for hydroxylation is 1. The molecule has 6 heteroatoms. The van der Waals surface area contributed by atoms with Crippen LogP contribution in [0.15, 0.2) is 22.7 Å². The second-order valence-electron chi connectivity index (χ2n) is 4.85. The molecule has 1 aromatic heterocycles. The first kappa shape index (κ1) is 14.7. The molecule has 1 aromatic carbocycles. The molecule has 0 aliphatic rings. The van der Waals surface area contributed by atoms with Crippen molar-refractivity contribution >= 4 is 21.9 Å². The van der Waals surface area contributed by atoms with Gasteiger partial charge in [0.2, 0.25) is 0 Å². The average Bonchev–Trinajstić information content (AvgIpc) is 2.66. The monoisotopic (exact) mass is 340 g/mol. The van der Waals surface area contributed by atoms with Gasteiger partial charge in [0.05, 0.1) is 15.9 Å². The van der Waals surface area contributed by atoms with Crippen LogP contribution in [0.25, 0.3) is 5.69 Å². The summed E-state index contributed by atoms with van der Waals surface area (Å²) in [6, 6.07) is 4.33. The molecule has 0 saturated heterocycles. The van der Waals surface area contributed by atoms with Crippen molar-refractivity contribution in [3.63, 3.8) is 0 Å². The normalized spacial score (nSPS) is 11.1. The van der Waals surface area contributed by atoms with Gasteiger partial charge in [-0.2, -0.15) is 5.10 Å². The number of aromatic carboxylic acids is 1. The van der Waals surface area contributed by atoms with Crippen LogP contribution in [-0.4, -0.2) is 20.9 Å². The smallest absolute Gasteiger partial charge is 0.357 e. The average molecular weight is 341 g/mol. The van der Waals surface area contributed by atoms with E-state index in [1.54, 1.807) is 17.7 Å². The molecule has 0 spiro atoms. The van der Waals surface area contributed by atoms with Crippen LogP contribution in [0.2, 0.25) is 0 Å². The van der Waals surface area contributed by atoms with Gasteiger partial charge in [0.1, 0.15) is 5.82 Å². The Morgan fingerprint density at radius 2 is 2.10 bits per heavy atom. The van der Waals surface area contributed by atoms with Crippen LogP contribution in [0, 0.1) is 12.7 Å². The van der Waals surface area contributed by atoms with Crippen molar-refractivity contribution in [2.75, 3.05) is 0 Å². The second kappa shape index (κ2) is 5.36. The standard InChI is InChI=1S/C14H14BrFN2O2/c1-7(2)13-11(15)12(14(19)20)17-18(13)10-5-4-9(16)6-8(10)3/h4-7H,1-3H3,(H,19,20). The highest BCUT2D eigenvalue weighted by Gasteiger charge is 2.24. The second-order valence-corrected chi connectivity index (χ2v) is 5.64. The molecule has 20 heavy (non-hydrogen) atoms. The Bertz CT molecular complexity index is 680. The molecular formula is C14H14BrFN2O2. The molecule has 0 saturated carbocycles. The van der Waals surface area contributed by atoms with Gasteiger partial charge in [-0.05, 0) is 52.5 Å². The molecule has 2 rings (SSSR count). The van der Waals surface area contributed by atoms with E-state index in [9.17, 15) is 14.3 Å². The van der Waals surface area contributed by atoms with E-state index in [2.05, 4.69) is 21.0 Å². The number of carbonyl (C=O) groups is 1. The van der Waals surface area contributed by atoms with Gasteiger partial charge in [-0.15, -0.1) is 0 Å². The van der Waals surface area contributed by atoms with Crippen LogP contribution in [0.5, 0.6) is 0 Å². The summed E-state index contributed by atoms with van der Waals surface area (Å²) in [5.74, 6) is -1.37. The van der Waals surface area contributed by atoms with Crippen LogP contribution < -0.4 is 0 Å². The van der Waals surface area contributed by atoms with Crippen molar-refractivity contribution in [3.05, 3.63) is 45.4 Å². The van der Waals surface area contributed by atoms with Crippen molar-refractivity contribution in [3.8, 4) is 5.69 Å². The summed E-state index contributed by atoms with van der Waals surface area (Å²) in [6.07, 6.45) is 0. The number of carboxylic acid groups (broad SMARTS) is 1. The third kappa shape index (κ3) is 2.47. The minimum absolute atomic E-state index is 0.0441. The lowest BCUT2D eigenvalue weighted by atomic mass is 10.1. The molecule has 1 N–H and O–H groups in total. The van der Waals surface area contributed by atoms with Crippen molar-refractivity contribution in [1.29, 1.82) is 0 Å². The van der Waals surface area contributed by atoms with E-state index >= 15 is 0 Å². The van der Waals surface area contributed by atoms with Crippen molar-refractivity contribution < 1.29 is 14.3 Å². The lowest BCUT2D eigenvalue weighted by Crippen LogP contribution is -2.06. The van der Waals surface area contributed by atoms with E-state index in [1.807, 2.05) is 13.8 Å². The first-order chi connectivity index (χ1) is 9.32.